The first-order valence-electron chi connectivity index (χ1n) is 6.01. The summed E-state index contributed by atoms with van der Waals surface area (Å²) in [5, 5.41) is 13.4. The lowest BCUT2D eigenvalue weighted by molar-refractivity contribution is -0.137. The van der Waals surface area contributed by atoms with Crippen LogP contribution in [0.3, 0.4) is 0 Å². The lowest BCUT2D eigenvalue weighted by Gasteiger charge is -2.05. The zero-order chi connectivity index (χ0) is 15.0. The summed E-state index contributed by atoms with van der Waals surface area (Å²) in [6.07, 6.45) is 1.17. The number of halogens is 1. The summed E-state index contributed by atoms with van der Waals surface area (Å²) in [5.41, 5.74) is 0. The average Bonchev–Trinajstić information content (AvgIpc) is 2.82. The molecule has 1 heterocycles. The third-order valence-electron chi connectivity index (χ3n) is 2.35. The summed E-state index contributed by atoms with van der Waals surface area (Å²) in [6, 6.07) is 3.07. The Morgan fingerprint density at radius 2 is 1.95 bits per heavy atom. The highest BCUT2D eigenvalue weighted by molar-refractivity contribution is 9.10. The van der Waals surface area contributed by atoms with Gasteiger partial charge in [0.1, 0.15) is 0 Å². The zero-order valence-electron chi connectivity index (χ0n) is 10.6. The minimum Gasteiger partial charge on any atom is -0.481 e. The maximum absolute atomic E-state index is 11.5. The molecule has 20 heavy (non-hydrogen) atoms. The van der Waals surface area contributed by atoms with Crippen molar-refractivity contribution in [3.63, 3.8) is 0 Å². The zero-order valence-corrected chi connectivity index (χ0v) is 12.2. The topological polar surface area (TPSA) is 109 Å². The van der Waals surface area contributed by atoms with Crippen LogP contribution in [-0.4, -0.2) is 36.0 Å². The molecule has 0 saturated carbocycles. The van der Waals surface area contributed by atoms with Crippen molar-refractivity contribution < 1.29 is 23.9 Å². The molecule has 1 aromatic heterocycles. The summed E-state index contributed by atoms with van der Waals surface area (Å²) in [5.74, 6) is -1.55. The van der Waals surface area contributed by atoms with Crippen molar-refractivity contribution in [2.24, 2.45) is 0 Å². The number of hydrogen-bond acceptors (Lipinski definition) is 4. The van der Waals surface area contributed by atoms with Gasteiger partial charge in [-0.1, -0.05) is 0 Å². The predicted molar refractivity (Wildman–Crippen MR) is 73.2 cm³/mol. The standard InChI is InChI=1S/C12H15BrN2O5/c13-9-5-4-8(20-9)12(19)15-7-10(16)14-6-2-1-3-11(17)18/h4-5H,1-3,6-7H2,(H,14,16)(H,15,19)(H,17,18). The normalized spacial score (nSPS) is 10.1. The molecule has 0 atom stereocenters. The van der Waals surface area contributed by atoms with E-state index >= 15 is 0 Å². The first-order chi connectivity index (χ1) is 9.49. The van der Waals surface area contributed by atoms with Crippen LogP contribution in [0.2, 0.25) is 0 Å². The fourth-order valence-electron chi connectivity index (χ4n) is 1.38. The van der Waals surface area contributed by atoms with E-state index < -0.39 is 11.9 Å². The number of nitrogens with one attached hydrogen (secondary N) is 2. The SMILES string of the molecule is O=C(O)CCCCNC(=O)CNC(=O)c1ccc(Br)o1. The summed E-state index contributed by atoms with van der Waals surface area (Å²) < 4.78 is 5.47. The van der Waals surface area contributed by atoms with E-state index in [1.165, 1.54) is 6.07 Å². The van der Waals surface area contributed by atoms with E-state index in [0.717, 1.165) is 0 Å². The van der Waals surface area contributed by atoms with E-state index in [9.17, 15) is 14.4 Å². The molecule has 0 unspecified atom stereocenters. The van der Waals surface area contributed by atoms with Crippen LogP contribution >= 0.6 is 15.9 Å². The maximum atomic E-state index is 11.5. The molecular weight excluding hydrogens is 332 g/mol. The van der Waals surface area contributed by atoms with Gasteiger partial charge < -0.3 is 20.2 Å². The Morgan fingerprint density at radius 3 is 2.55 bits per heavy atom. The number of carbonyl (C=O) groups excluding carboxylic acids is 2. The largest absolute Gasteiger partial charge is 0.481 e. The molecule has 8 heteroatoms. The second kappa shape index (κ2) is 8.36. The Bertz CT molecular complexity index is 486. The first-order valence-corrected chi connectivity index (χ1v) is 6.80. The number of carboxylic acid groups (broad SMARTS) is 1. The Labute approximate surface area is 123 Å². The van der Waals surface area contributed by atoms with Gasteiger partial charge in [0.25, 0.3) is 5.91 Å². The van der Waals surface area contributed by atoms with Gasteiger partial charge in [0.15, 0.2) is 10.4 Å². The number of rotatable bonds is 8. The molecule has 1 rings (SSSR count). The average molecular weight is 347 g/mol. The highest BCUT2D eigenvalue weighted by Gasteiger charge is 2.11. The second-order valence-corrected chi connectivity index (χ2v) is 4.77. The number of unbranched alkanes of at least 4 members (excludes halogenated alkanes) is 1. The van der Waals surface area contributed by atoms with Gasteiger partial charge in [-0.3, -0.25) is 14.4 Å². The molecular formula is C12H15BrN2O5. The van der Waals surface area contributed by atoms with Crippen LogP contribution in [0.1, 0.15) is 29.8 Å². The summed E-state index contributed by atoms with van der Waals surface area (Å²) in [4.78, 5) is 33.2. The van der Waals surface area contributed by atoms with Gasteiger partial charge >= 0.3 is 5.97 Å². The highest BCUT2D eigenvalue weighted by Crippen LogP contribution is 2.13. The van der Waals surface area contributed by atoms with Gasteiger partial charge in [0, 0.05) is 13.0 Å². The van der Waals surface area contributed by atoms with Gasteiger partial charge in [-0.15, -0.1) is 0 Å². The molecule has 0 aromatic carbocycles. The molecule has 0 saturated heterocycles. The third kappa shape index (κ3) is 6.37. The first kappa shape index (κ1) is 16.2. The molecule has 0 radical (unpaired) electrons. The number of aliphatic carboxylic acids is 1. The molecule has 0 bridgehead atoms. The predicted octanol–water partition coefficient (Wildman–Crippen LogP) is 1.14. The minimum absolute atomic E-state index is 0.0833. The molecule has 0 spiro atoms. The number of hydrogen-bond donors (Lipinski definition) is 3. The molecule has 110 valence electrons. The van der Waals surface area contributed by atoms with Gasteiger partial charge in [0.05, 0.1) is 6.54 Å². The van der Waals surface area contributed by atoms with Gasteiger partial charge in [0.2, 0.25) is 5.91 Å². The van der Waals surface area contributed by atoms with Crippen molar-refractivity contribution >= 4 is 33.7 Å². The van der Waals surface area contributed by atoms with Crippen LogP contribution in [0, 0.1) is 0 Å². The Morgan fingerprint density at radius 1 is 1.20 bits per heavy atom. The van der Waals surface area contributed by atoms with E-state index in [1.807, 2.05) is 0 Å². The molecule has 0 aliphatic carbocycles. The lowest BCUT2D eigenvalue weighted by Crippen LogP contribution is -2.37. The maximum Gasteiger partial charge on any atom is 0.303 e. The molecule has 0 fully saturated rings. The van der Waals surface area contributed by atoms with Crippen LogP contribution < -0.4 is 10.6 Å². The highest BCUT2D eigenvalue weighted by atomic mass is 79.9. The number of carboxylic acids is 1. The van der Waals surface area contributed by atoms with Gasteiger partial charge in [-0.25, -0.2) is 0 Å². The molecule has 7 nitrogen and oxygen atoms in total. The van der Waals surface area contributed by atoms with E-state index in [1.54, 1.807) is 6.07 Å². The fraction of sp³-hybridized carbons (Fsp3) is 0.417. The Balaban J connectivity index is 2.13. The lowest BCUT2D eigenvalue weighted by atomic mass is 10.2. The molecule has 0 aliphatic heterocycles. The van der Waals surface area contributed by atoms with Crippen molar-refractivity contribution in [1.82, 2.24) is 10.6 Å². The molecule has 3 N–H and O–H groups in total. The van der Waals surface area contributed by atoms with Crippen LogP contribution in [0.25, 0.3) is 0 Å². The minimum atomic E-state index is -0.854. The van der Waals surface area contributed by atoms with Crippen molar-refractivity contribution in [1.29, 1.82) is 0 Å². The molecule has 1 aromatic rings. The Kier molecular flexibility index (Phi) is 6.78. The smallest absolute Gasteiger partial charge is 0.303 e. The van der Waals surface area contributed by atoms with Crippen LogP contribution in [0.15, 0.2) is 21.2 Å². The van der Waals surface area contributed by atoms with Gasteiger partial charge in [-0.05, 0) is 40.9 Å². The Hall–Kier alpha value is -1.83. The van der Waals surface area contributed by atoms with E-state index in [2.05, 4.69) is 26.6 Å². The third-order valence-corrected chi connectivity index (χ3v) is 2.77. The van der Waals surface area contributed by atoms with Crippen LogP contribution in [-0.2, 0) is 9.59 Å². The number of carbonyl (C=O) groups is 3. The monoisotopic (exact) mass is 346 g/mol. The molecule has 0 aliphatic rings. The van der Waals surface area contributed by atoms with Crippen molar-refractivity contribution in [2.45, 2.75) is 19.3 Å². The quantitative estimate of drug-likeness (QED) is 0.611. The van der Waals surface area contributed by atoms with Gasteiger partial charge in [-0.2, -0.15) is 0 Å². The molecule has 2 amide bonds. The van der Waals surface area contributed by atoms with Crippen molar-refractivity contribution in [2.75, 3.05) is 13.1 Å². The number of furan rings is 1. The number of amides is 2. The summed E-state index contributed by atoms with van der Waals surface area (Å²) in [6.45, 7) is 0.227. The van der Waals surface area contributed by atoms with E-state index in [0.29, 0.717) is 24.1 Å². The van der Waals surface area contributed by atoms with Crippen LogP contribution in [0.5, 0.6) is 0 Å². The second-order valence-electron chi connectivity index (χ2n) is 3.99. The van der Waals surface area contributed by atoms with Crippen molar-refractivity contribution in [3.05, 3.63) is 22.6 Å². The van der Waals surface area contributed by atoms with Crippen LogP contribution in [0.4, 0.5) is 0 Å². The summed E-state index contributed by atoms with van der Waals surface area (Å²) in [7, 11) is 0. The van der Waals surface area contributed by atoms with E-state index in [4.69, 9.17) is 9.52 Å². The fourth-order valence-corrected chi connectivity index (χ4v) is 1.68. The van der Waals surface area contributed by atoms with E-state index in [-0.39, 0.29) is 24.6 Å². The van der Waals surface area contributed by atoms with Crippen molar-refractivity contribution in [3.8, 4) is 0 Å². The summed E-state index contributed by atoms with van der Waals surface area (Å²) >= 11 is 3.07.